The number of allylic oxidation sites excluding steroid dienone is 10. The van der Waals surface area contributed by atoms with Gasteiger partial charge in [-0.2, -0.15) is 0 Å². The number of phosphoric ester groups is 1. The average molecular weight is 766 g/mol. The Balaban J connectivity index is 4.27. The lowest BCUT2D eigenvalue weighted by Crippen LogP contribution is -2.29. The normalized spacial score (nSPS) is 14.0. The Labute approximate surface area is 323 Å². The van der Waals surface area contributed by atoms with E-state index in [9.17, 15) is 19.0 Å². The predicted molar refractivity (Wildman–Crippen MR) is 219 cm³/mol. The Morgan fingerprint density at radius 2 is 0.981 bits per heavy atom. The first-order chi connectivity index (χ1) is 25.8. The molecule has 306 valence electrons. The third-order valence-electron chi connectivity index (χ3n) is 8.38. The first kappa shape index (κ1) is 50.7. The number of esters is 2. The maximum Gasteiger partial charge on any atom is 0.472 e. The van der Waals surface area contributed by atoms with Gasteiger partial charge in [-0.05, 0) is 83.5 Å². The largest absolute Gasteiger partial charge is 0.472 e. The molecule has 0 bridgehead atoms. The fourth-order valence-corrected chi connectivity index (χ4v) is 6.02. The number of rotatable bonds is 38. The van der Waals surface area contributed by atoms with Crippen molar-refractivity contribution in [1.82, 2.24) is 0 Å². The summed E-state index contributed by atoms with van der Waals surface area (Å²) in [5.41, 5.74) is 5.34. The van der Waals surface area contributed by atoms with Crippen molar-refractivity contribution in [2.75, 3.05) is 26.4 Å². The van der Waals surface area contributed by atoms with Crippen molar-refractivity contribution >= 4 is 19.8 Å². The topological polar surface area (TPSA) is 134 Å². The first-order valence-electron chi connectivity index (χ1n) is 20.8. The molecule has 0 aromatic carbocycles. The van der Waals surface area contributed by atoms with Crippen LogP contribution in [0.1, 0.15) is 168 Å². The molecule has 0 spiro atoms. The number of hydrogen-bond acceptors (Lipinski definition) is 8. The van der Waals surface area contributed by atoms with E-state index in [1.807, 2.05) is 0 Å². The van der Waals surface area contributed by atoms with Gasteiger partial charge in [-0.1, -0.05) is 132 Å². The minimum absolute atomic E-state index is 0.0442. The SMILES string of the molecule is CCCCCC=CCC=CCC=CCC=CCCCCCC(=O)O[C@H](COC(=O)CCCCCCCC=CCCCCCC)COP(=O)(O)OCCN. The Morgan fingerprint density at radius 1 is 0.566 bits per heavy atom. The lowest BCUT2D eigenvalue weighted by atomic mass is 10.1. The summed E-state index contributed by atoms with van der Waals surface area (Å²) in [5, 5.41) is 0. The van der Waals surface area contributed by atoms with Gasteiger partial charge in [-0.3, -0.25) is 18.6 Å². The standard InChI is InChI=1S/C43H76NO8P/c1-3-5-7-9-11-13-15-17-18-19-20-21-22-24-26-28-30-32-34-36-43(46)52-41(40-51-53(47,48)50-38-37-44)39-49-42(45)35-33-31-29-27-25-23-16-14-12-10-8-6-4-2/h11,13-14,16-18,20-21,24,26,41H,3-10,12,15,19,22-23,25,27-40,44H2,1-2H3,(H,47,48)/t41-/m1/s1. The van der Waals surface area contributed by atoms with E-state index in [1.165, 1.54) is 57.8 Å². The van der Waals surface area contributed by atoms with Crippen LogP contribution in [0.5, 0.6) is 0 Å². The monoisotopic (exact) mass is 766 g/mol. The predicted octanol–water partition coefficient (Wildman–Crippen LogP) is 11.7. The van der Waals surface area contributed by atoms with Crippen LogP contribution in [0.4, 0.5) is 0 Å². The van der Waals surface area contributed by atoms with E-state index >= 15 is 0 Å². The van der Waals surface area contributed by atoms with E-state index in [4.69, 9.17) is 24.3 Å². The molecule has 0 aromatic heterocycles. The molecule has 0 saturated heterocycles. The van der Waals surface area contributed by atoms with E-state index in [0.717, 1.165) is 70.6 Å². The van der Waals surface area contributed by atoms with Crippen molar-refractivity contribution in [1.29, 1.82) is 0 Å². The molecule has 0 fully saturated rings. The van der Waals surface area contributed by atoms with Gasteiger partial charge < -0.3 is 20.1 Å². The van der Waals surface area contributed by atoms with Crippen LogP contribution in [0.2, 0.25) is 0 Å². The van der Waals surface area contributed by atoms with Gasteiger partial charge >= 0.3 is 19.8 Å². The smallest absolute Gasteiger partial charge is 0.462 e. The average Bonchev–Trinajstić information content (AvgIpc) is 3.14. The molecule has 1 unspecified atom stereocenters. The minimum Gasteiger partial charge on any atom is -0.462 e. The van der Waals surface area contributed by atoms with Crippen LogP contribution in [0.15, 0.2) is 60.8 Å². The molecular formula is C43H76NO8P. The van der Waals surface area contributed by atoms with Gasteiger partial charge in [-0.15, -0.1) is 0 Å². The highest BCUT2D eigenvalue weighted by Gasteiger charge is 2.25. The van der Waals surface area contributed by atoms with Crippen LogP contribution in [0.25, 0.3) is 0 Å². The number of carbonyl (C=O) groups is 2. The summed E-state index contributed by atoms with van der Waals surface area (Å²) in [6.07, 6.45) is 45.3. The summed E-state index contributed by atoms with van der Waals surface area (Å²) in [6, 6.07) is 0. The molecule has 10 heteroatoms. The van der Waals surface area contributed by atoms with Gasteiger partial charge in [-0.25, -0.2) is 4.57 Å². The third-order valence-corrected chi connectivity index (χ3v) is 9.36. The molecule has 0 aliphatic carbocycles. The molecule has 53 heavy (non-hydrogen) atoms. The molecule has 0 saturated carbocycles. The number of nitrogens with two attached hydrogens (primary N) is 1. The molecular weight excluding hydrogens is 689 g/mol. The lowest BCUT2D eigenvalue weighted by Gasteiger charge is -2.19. The van der Waals surface area contributed by atoms with Crippen LogP contribution in [0, 0.1) is 0 Å². The van der Waals surface area contributed by atoms with Crippen LogP contribution in [-0.4, -0.2) is 49.3 Å². The van der Waals surface area contributed by atoms with Gasteiger partial charge in [0.2, 0.25) is 0 Å². The van der Waals surface area contributed by atoms with Crippen molar-refractivity contribution in [3.8, 4) is 0 Å². The van der Waals surface area contributed by atoms with Gasteiger partial charge in [0.1, 0.15) is 6.61 Å². The van der Waals surface area contributed by atoms with Crippen LogP contribution in [-0.2, 0) is 32.7 Å². The molecule has 0 aliphatic heterocycles. The van der Waals surface area contributed by atoms with Crippen LogP contribution in [0.3, 0.4) is 0 Å². The van der Waals surface area contributed by atoms with Crippen LogP contribution < -0.4 is 5.73 Å². The highest BCUT2D eigenvalue weighted by atomic mass is 31.2. The van der Waals surface area contributed by atoms with E-state index < -0.39 is 32.5 Å². The summed E-state index contributed by atoms with van der Waals surface area (Å²) in [6.45, 7) is 3.62. The molecule has 9 nitrogen and oxygen atoms in total. The Morgan fingerprint density at radius 3 is 1.53 bits per heavy atom. The molecule has 0 heterocycles. The second kappa shape index (κ2) is 39.4. The molecule has 0 radical (unpaired) electrons. The Bertz CT molecular complexity index is 1050. The highest BCUT2D eigenvalue weighted by Crippen LogP contribution is 2.43. The van der Waals surface area contributed by atoms with Gasteiger partial charge in [0.05, 0.1) is 13.2 Å². The zero-order valence-corrected chi connectivity index (χ0v) is 34.4. The number of hydrogen-bond donors (Lipinski definition) is 2. The minimum atomic E-state index is -4.39. The maximum absolute atomic E-state index is 12.6. The summed E-state index contributed by atoms with van der Waals surface area (Å²) >= 11 is 0. The summed E-state index contributed by atoms with van der Waals surface area (Å²) in [7, 11) is -4.39. The van der Waals surface area contributed by atoms with Crippen molar-refractivity contribution in [3.63, 3.8) is 0 Å². The number of phosphoric acid groups is 1. The Kier molecular flexibility index (Phi) is 37.7. The molecule has 0 amide bonds. The van der Waals surface area contributed by atoms with Crippen LogP contribution >= 0.6 is 7.82 Å². The van der Waals surface area contributed by atoms with Gasteiger partial charge in [0.15, 0.2) is 6.10 Å². The summed E-state index contributed by atoms with van der Waals surface area (Å²) in [4.78, 5) is 34.8. The molecule has 2 atom stereocenters. The summed E-state index contributed by atoms with van der Waals surface area (Å²) in [5.74, 6) is -0.880. The number of unbranched alkanes of at least 4 members (excludes halogenated alkanes) is 15. The zero-order chi connectivity index (χ0) is 38.9. The van der Waals surface area contributed by atoms with Crippen molar-refractivity contribution in [2.24, 2.45) is 5.73 Å². The van der Waals surface area contributed by atoms with E-state index in [0.29, 0.717) is 12.8 Å². The van der Waals surface area contributed by atoms with E-state index in [2.05, 4.69) is 74.6 Å². The Hall–Kier alpha value is -2.29. The number of carbonyl (C=O) groups excluding carboxylic acids is 2. The second-order valence-corrected chi connectivity index (χ2v) is 14.9. The molecule has 3 N–H and O–H groups in total. The second-order valence-electron chi connectivity index (χ2n) is 13.5. The zero-order valence-electron chi connectivity index (χ0n) is 33.5. The molecule has 0 aliphatic rings. The van der Waals surface area contributed by atoms with Crippen molar-refractivity contribution < 1.29 is 37.6 Å². The number of ether oxygens (including phenoxy) is 2. The quantitative estimate of drug-likeness (QED) is 0.0272. The van der Waals surface area contributed by atoms with Gasteiger partial charge in [0, 0.05) is 19.4 Å². The van der Waals surface area contributed by atoms with Crippen molar-refractivity contribution in [3.05, 3.63) is 60.8 Å². The van der Waals surface area contributed by atoms with Crippen molar-refractivity contribution in [2.45, 2.75) is 174 Å². The lowest BCUT2D eigenvalue weighted by molar-refractivity contribution is -0.161. The highest BCUT2D eigenvalue weighted by molar-refractivity contribution is 7.47. The maximum atomic E-state index is 12.6. The van der Waals surface area contributed by atoms with Gasteiger partial charge in [0.25, 0.3) is 0 Å². The fraction of sp³-hybridized carbons (Fsp3) is 0.721. The van der Waals surface area contributed by atoms with E-state index in [-0.39, 0.29) is 32.6 Å². The molecule has 0 rings (SSSR count). The summed E-state index contributed by atoms with van der Waals surface area (Å²) < 4.78 is 32.7. The fourth-order valence-electron chi connectivity index (χ4n) is 5.26. The van der Waals surface area contributed by atoms with E-state index in [1.54, 1.807) is 0 Å². The third kappa shape index (κ3) is 39.2. The molecule has 0 aromatic rings. The first-order valence-corrected chi connectivity index (χ1v) is 22.3.